The van der Waals surface area contributed by atoms with Crippen LogP contribution >= 0.6 is 11.3 Å². The van der Waals surface area contributed by atoms with Crippen molar-refractivity contribution in [1.82, 2.24) is 0 Å². The van der Waals surface area contributed by atoms with Gasteiger partial charge in [0.05, 0.1) is 6.10 Å². The lowest BCUT2D eigenvalue weighted by Crippen LogP contribution is -1.87. The number of rotatable bonds is 2. The van der Waals surface area contributed by atoms with Gasteiger partial charge >= 0.3 is 0 Å². The molecule has 1 aromatic heterocycles. The normalized spacial score (nSPS) is 13.0. The molecule has 0 radical (unpaired) electrons. The van der Waals surface area contributed by atoms with E-state index in [4.69, 9.17) is 5.11 Å². The fraction of sp³-hybridized carbons (Fsp3) is 0.143. The van der Waals surface area contributed by atoms with Crippen LogP contribution in [0.25, 0.3) is 0 Å². The zero-order chi connectivity index (χ0) is 6.69. The Labute approximate surface area is 58.3 Å². The number of aliphatic hydroxyl groups excluding tert-OH is 1. The largest absolute Gasteiger partial charge is 0.384 e. The summed E-state index contributed by atoms with van der Waals surface area (Å²) in [5.41, 5.74) is 0.926. The lowest BCUT2D eigenvalue weighted by Gasteiger charge is -1.98. The molecule has 1 N–H and O–H groups in total. The second-order valence-electron chi connectivity index (χ2n) is 1.74. The van der Waals surface area contributed by atoms with Crippen molar-refractivity contribution in [2.45, 2.75) is 6.10 Å². The van der Waals surface area contributed by atoms with Gasteiger partial charge in [-0.3, -0.25) is 0 Å². The molecular weight excluding hydrogens is 132 g/mol. The first-order chi connectivity index (χ1) is 4.34. The monoisotopic (exact) mass is 140 g/mol. The van der Waals surface area contributed by atoms with Crippen molar-refractivity contribution in [1.29, 1.82) is 0 Å². The molecule has 0 fully saturated rings. The highest BCUT2D eigenvalue weighted by molar-refractivity contribution is 7.07. The highest BCUT2D eigenvalue weighted by Gasteiger charge is 1.99. The van der Waals surface area contributed by atoms with Crippen molar-refractivity contribution in [3.05, 3.63) is 35.0 Å². The summed E-state index contributed by atoms with van der Waals surface area (Å²) in [5.74, 6) is 0. The van der Waals surface area contributed by atoms with E-state index in [0.717, 1.165) is 5.56 Å². The Bertz CT molecular complexity index is 179. The maximum absolute atomic E-state index is 9.11. The Morgan fingerprint density at radius 1 is 1.78 bits per heavy atom. The number of aliphatic hydroxyl groups is 1. The van der Waals surface area contributed by atoms with Crippen molar-refractivity contribution in [2.24, 2.45) is 0 Å². The fourth-order valence-corrected chi connectivity index (χ4v) is 1.27. The molecule has 1 atom stereocenters. The van der Waals surface area contributed by atoms with Gasteiger partial charge in [-0.15, -0.1) is 6.58 Å². The molecule has 0 saturated carbocycles. The molecular formula is C7H8OS. The average molecular weight is 140 g/mol. The fourth-order valence-electron chi connectivity index (χ4n) is 0.579. The Morgan fingerprint density at radius 3 is 3.00 bits per heavy atom. The van der Waals surface area contributed by atoms with Gasteiger partial charge in [0.15, 0.2) is 0 Å². The van der Waals surface area contributed by atoms with Crippen molar-refractivity contribution in [3.63, 3.8) is 0 Å². The van der Waals surface area contributed by atoms with Crippen LogP contribution < -0.4 is 0 Å². The van der Waals surface area contributed by atoms with E-state index >= 15 is 0 Å². The van der Waals surface area contributed by atoms with Crippen molar-refractivity contribution < 1.29 is 5.11 Å². The van der Waals surface area contributed by atoms with Crippen LogP contribution in [-0.4, -0.2) is 5.11 Å². The summed E-state index contributed by atoms with van der Waals surface area (Å²) in [6, 6.07) is 1.89. The highest BCUT2D eigenvalue weighted by atomic mass is 32.1. The molecule has 0 amide bonds. The van der Waals surface area contributed by atoms with Gasteiger partial charge in [0.25, 0.3) is 0 Å². The standard InChI is InChI=1S/C7H8OS/c1-2-7(8)6-3-4-9-5-6/h2-5,7-8H,1H2. The molecule has 0 spiro atoms. The molecule has 1 heterocycles. The van der Waals surface area contributed by atoms with Crippen LogP contribution in [0.4, 0.5) is 0 Å². The molecule has 0 bridgehead atoms. The molecule has 1 unspecified atom stereocenters. The van der Waals surface area contributed by atoms with Crippen molar-refractivity contribution >= 4 is 11.3 Å². The molecule has 1 rings (SSSR count). The molecule has 1 aromatic rings. The van der Waals surface area contributed by atoms with Gasteiger partial charge in [-0.2, -0.15) is 11.3 Å². The lowest BCUT2D eigenvalue weighted by molar-refractivity contribution is 0.229. The van der Waals surface area contributed by atoms with Gasteiger partial charge in [0.1, 0.15) is 0 Å². The van der Waals surface area contributed by atoms with Gasteiger partial charge in [-0.1, -0.05) is 6.08 Å². The predicted octanol–water partition coefficient (Wildman–Crippen LogP) is 1.97. The third kappa shape index (κ3) is 1.40. The summed E-state index contributed by atoms with van der Waals surface area (Å²) in [6.45, 7) is 3.47. The van der Waals surface area contributed by atoms with E-state index in [0.29, 0.717) is 0 Å². The van der Waals surface area contributed by atoms with Crippen LogP contribution in [0.2, 0.25) is 0 Å². The van der Waals surface area contributed by atoms with E-state index in [2.05, 4.69) is 6.58 Å². The Hall–Kier alpha value is -0.600. The number of hydrogen-bond donors (Lipinski definition) is 1. The quantitative estimate of drug-likeness (QED) is 0.623. The maximum Gasteiger partial charge on any atom is 0.0977 e. The lowest BCUT2D eigenvalue weighted by atomic mass is 10.2. The Morgan fingerprint density at radius 2 is 2.56 bits per heavy atom. The van der Waals surface area contributed by atoms with Crippen LogP contribution in [0.15, 0.2) is 29.5 Å². The second kappa shape index (κ2) is 2.80. The van der Waals surface area contributed by atoms with Gasteiger partial charge in [-0.25, -0.2) is 0 Å². The maximum atomic E-state index is 9.11. The van der Waals surface area contributed by atoms with Gasteiger partial charge in [-0.05, 0) is 22.4 Å². The summed E-state index contributed by atoms with van der Waals surface area (Å²) in [4.78, 5) is 0. The van der Waals surface area contributed by atoms with E-state index in [9.17, 15) is 0 Å². The van der Waals surface area contributed by atoms with Crippen LogP contribution in [0.3, 0.4) is 0 Å². The summed E-state index contributed by atoms with van der Waals surface area (Å²) in [7, 11) is 0. The molecule has 0 aromatic carbocycles. The Kier molecular flexibility index (Phi) is 2.03. The smallest absolute Gasteiger partial charge is 0.0977 e. The molecule has 2 heteroatoms. The summed E-state index contributed by atoms with van der Waals surface area (Å²) >= 11 is 1.58. The summed E-state index contributed by atoms with van der Waals surface area (Å²) in [6.07, 6.45) is 1.03. The summed E-state index contributed by atoms with van der Waals surface area (Å²) < 4.78 is 0. The SMILES string of the molecule is C=CC(O)c1ccsc1. The molecule has 9 heavy (non-hydrogen) atoms. The first-order valence-corrected chi connectivity index (χ1v) is 3.61. The molecule has 1 nitrogen and oxygen atoms in total. The topological polar surface area (TPSA) is 20.2 Å². The van der Waals surface area contributed by atoms with Gasteiger partial charge in [0, 0.05) is 0 Å². The minimum Gasteiger partial charge on any atom is -0.384 e. The molecule has 0 saturated heterocycles. The van der Waals surface area contributed by atoms with Crippen molar-refractivity contribution in [3.8, 4) is 0 Å². The second-order valence-corrected chi connectivity index (χ2v) is 2.52. The van der Waals surface area contributed by atoms with Crippen LogP contribution in [0.1, 0.15) is 11.7 Å². The van der Waals surface area contributed by atoms with Crippen LogP contribution in [-0.2, 0) is 0 Å². The minimum absolute atomic E-state index is 0.490. The summed E-state index contributed by atoms with van der Waals surface area (Å²) in [5, 5.41) is 12.9. The predicted molar refractivity (Wildman–Crippen MR) is 39.5 cm³/mol. The van der Waals surface area contributed by atoms with Crippen LogP contribution in [0, 0.1) is 0 Å². The van der Waals surface area contributed by atoms with E-state index in [1.165, 1.54) is 6.08 Å². The van der Waals surface area contributed by atoms with E-state index in [1.54, 1.807) is 11.3 Å². The first-order valence-electron chi connectivity index (χ1n) is 2.67. The number of hydrogen-bond acceptors (Lipinski definition) is 2. The first kappa shape index (κ1) is 6.52. The van der Waals surface area contributed by atoms with Crippen LogP contribution in [0.5, 0.6) is 0 Å². The van der Waals surface area contributed by atoms with E-state index in [1.807, 2.05) is 16.8 Å². The molecule has 0 aliphatic heterocycles. The van der Waals surface area contributed by atoms with E-state index < -0.39 is 6.10 Å². The third-order valence-electron chi connectivity index (χ3n) is 1.11. The van der Waals surface area contributed by atoms with Gasteiger partial charge in [0.2, 0.25) is 0 Å². The zero-order valence-electron chi connectivity index (χ0n) is 4.95. The minimum atomic E-state index is -0.490. The molecule has 0 aliphatic rings. The highest BCUT2D eigenvalue weighted by Crippen LogP contribution is 2.15. The molecule has 48 valence electrons. The van der Waals surface area contributed by atoms with E-state index in [-0.39, 0.29) is 0 Å². The van der Waals surface area contributed by atoms with Crippen molar-refractivity contribution in [2.75, 3.05) is 0 Å². The average Bonchev–Trinajstić information content (AvgIpc) is 2.37. The molecule has 0 aliphatic carbocycles. The third-order valence-corrected chi connectivity index (χ3v) is 1.81. The Balaban J connectivity index is 2.76. The zero-order valence-corrected chi connectivity index (χ0v) is 5.77. The number of thiophene rings is 1. The van der Waals surface area contributed by atoms with Gasteiger partial charge < -0.3 is 5.11 Å².